The molecule has 2 atom stereocenters. The standard InChI is InChI=1S/C23H27ClN6O2.CH3NO.CH4S/c1-14-12-30-21(26-22(14)28-9-7-16(31)13-28)11-19(27-30)20-4-2-3-8-29(20)23(32)17-10-15(24)5-6-18(17)25;2-1-3;1-2/h5-6,10-12,16,20,31H,2-4,7-9,13,25H2,1H3;1H,(H2,2,3);2H,1H3. The lowest BCUT2D eigenvalue weighted by molar-refractivity contribution is -0.106. The average Bonchev–Trinajstić information content (AvgIpc) is 3.52. The number of nitrogens with two attached hydrogens (primary N) is 2. The molecule has 0 bridgehead atoms. The zero-order valence-corrected chi connectivity index (χ0v) is 22.7. The minimum absolute atomic E-state index is 0.123. The van der Waals surface area contributed by atoms with Crippen LogP contribution in [0.1, 0.15) is 53.3 Å². The molecule has 5 N–H and O–H groups in total. The quantitative estimate of drug-likeness (QED) is 0.224. The van der Waals surface area contributed by atoms with Crippen LogP contribution >= 0.6 is 24.2 Å². The summed E-state index contributed by atoms with van der Waals surface area (Å²) in [6.45, 7) is 4.04. The highest BCUT2D eigenvalue weighted by atomic mass is 35.5. The molecule has 2 fully saturated rings. The minimum Gasteiger partial charge on any atom is -0.398 e. The summed E-state index contributed by atoms with van der Waals surface area (Å²) in [6, 6.07) is 6.81. The maximum atomic E-state index is 13.4. The van der Waals surface area contributed by atoms with Crippen LogP contribution in [0.15, 0.2) is 30.5 Å². The van der Waals surface area contributed by atoms with E-state index in [2.05, 4.69) is 23.3 Å². The number of halogens is 1. The van der Waals surface area contributed by atoms with Gasteiger partial charge in [-0.15, -0.1) is 0 Å². The van der Waals surface area contributed by atoms with E-state index in [1.807, 2.05) is 24.1 Å². The van der Waals surface area contributed by atoms with E-state index >= 15 is 0 Å². The van der Waals surface area contributed by atoms with Gasteiger partial charge in [0.15, 0.2) is 5.65 Å². The van der Waals surface area contributed by atoms with Crippen LogP contribution in [0.25, 0.3) is 5.65 Å². The number of hydrogen-bond acceptors (Lipinski definition) is 8. The molecule has 2 saturated heterocycles. The highest BCUT2D eigenvalue weighted by molar-refractivity contribution is 7.79. The van der Waals surface area contributed by atoms with Crippen molar-refractivity contribution >= 4 is 53.7 Å². The predicted molar refractivity (Wildman–Crippen MR) is 149 cm³/mol. The molecule has 12 heteroatoms. The summed E-state index contributed by atoms with van der Waals surface area (Å²) in [5.41, 5.74) is 13.7. The predicted octanol–water partition coefficient (Wildman–Crippen LogP) is 2.86. The number of benzene rings is 1. The van der Waals surface area contributed by atoms with E-state index in [0.29, 0.717) is 29.4 Å². The van der Waals surface area contributed by atoms with Gasteiger partial charge in [-0.2, -0.15) is 17.7 Å². The number of aryl methyl sites for hydroxylation is 1. The minimum atomic E-state index is -0.311. The van der Waals surface area contributed by atoms with E-state index in [4.69, 9.17) is 32.2 Å². The monoisotopic (exact) mass is 547 g/mol. The summed E-state index contributed by atoms with van der Waals surface area (Å²) in [5, 5.41) is 15.2. The number of aromatic nitrogens is 3. The fraction of sp³-hybridized carbons (Fsp3) is 0.440. The highest BCUT2D eigenvalue weighted by Crippen LogP contribution is 2.34. The number of aliphatic hydroxyl groups is 1. The zero-order chi connectivity index (χ0) is 27.1. The number of thiol groups is 1. The SMILES string of the molecule is CS.Cc1cn2nc(C3CCCCN3C(=O)c3cc(Cl)ccc3N)cc2nc1N1CCC(O)C1.NC=O. The summed E-state index contributed by atoms with van der Waals surface area (Å²) >= 11 is 9.66. The van der Waals surface area contributed by atoms with Crippen LogP contribution < -0.4 is 16.4 Å². The third kappa shape index (κ3) is 6.46. The Morgan fingerprint density at radius 3 is 2.62 bits per heavy atom. The van der Waals surface area contributed by atoms with E-state index in [1.54, 1.807) is 29.0 Å². The molecule has 0 aliphatic carbocycles. The second-order valence-corrected chi connectivity index (χ2v) is 9.32. The van der Waals surface area contributed by atoms with Crippen molar-refractivity contribution in [3.63, 3.8) is 0 Å². The first-order chi connectivity index (χ1) is 17.8. The van der Waals surface area contributed by atoms with Gasteiger partial charge in [0.2, 0.25) is 6.41 Å². The molecule has 2 aromatic heterocycles. The average molecular weight is 548 g/mol. The number of nitrogens with zero attached hydrogens (tertiary/aromatic N) is 5. The number of β-amino-alcohol motifs (C(OH)–C–C–N with tert-alkyl or cyclic N) is 1. The first-order valence-electron chi connectivity index (χ1n) is 12.1. The number of anilines is 2. The van der Waals surface area contributed by atoms with Crippen LogP contribution in [0, 0.1) is 6.92 Å². The van der Waals surface area contributed by atoms with E-state index in [1.165, 1.54) is 0 Å². The second kappa shape index (κ2) is 13.0. The molecule has 1 aromatic carbocycles. The lowest BCUT2D eigenvalue weighted by Gasteiger charge is -2.35. The molecule has 0 radical (unpaired) electrons. The van der Waals surface area contributed by atoms with Crippen LogP contribution in [0.4, 0.5) is 11.5 Å². The van der Waals surface area contributed by atoms with Gasteiger partial charge in [0, 0.05) is 48.2 Å². The van der Waals surface area contributed by atoms with Gasteiger partial charge in [0.05, 0.1) is 23.4 Å². The van der Waals surface area contributed by atoms with Gasteiger partial charge in [0.25, 0.3) is 5.91 Å². The molecule has 2 unspecified atom stereocenters. The number of fused-ring (bicyclic) bond motifs is 1. The Hall–Kier alpha value is -3.02. The molecule has 0 spiro atoms. The summed E-state index contributed by atoms with van der Waals surface area (Å²) < 4.78 is 1.78. The molecule has 2 aliphatic rings. The van der Waals surface area contributed by atoms with Crippen molar-refractivity contribution in [2.45, 2.75) is 44.8 Å². The van der Waals surface area contributed by atoms with Crippen molar-refractivity contribution in [2.24, 2.45) is 5.73 Å². The fourth-order valence-corrected chi connectivity index (χ4v) is 4.96. The third-order valence-corrected chi connectivity index (χ3v) is 6.67. The summed E-state index contributed by atoms with van der Waals surface area (Å²) in [6.07, 6.45) is 7.15. The first-order valence-corrected chi connectivity index (χ1v) is 13.4. The van der Waals surface area contributed by atoms with Gasteiger partial charge >= 0.3 is 0 Å². The molecule has 4 heterocycles. The maximum Gasteiger partial charge on any atom is 0.256 e. The Labute approximate surface area is 227 Å². The van der Waals surface area contributed by atoms with Crippen molar-refractivity contribution < 1.29 is 14.7 Å². The van der Waals surface area contributed by atoms with E-state index in [-0.39, 0.29) is 24.5 Å². The number of hydrogen-bond donors (Lipinski definition) is 4. The van der Waals surface area contributed by atoms with Gasteiger partial charge in [-0.05, 0) is 57.1 Å². The number of primary amides is 1. The highest BCUT2D eigenvalue weighted by Gasteiger charge is 2.32. The number of carbonyl (C=O) groups is 2. The topological polar surface area (TPSA) is 143 Å². The summed E-state index contributed by atoms with van der Waals surface area (Å²) in [7, 11) is 0. The number of piperidine rings is 1. The number of carbonyl (C=O) groups excluding carboxylic acids is 2. The van der Waals surface area contributed by atoms with Gasteiger partial charge in [-0.3, -0.25) is 9.59 Å². The van der Waals surface area contributed by atoms with Crippen LogP contribution in [0.3, 0.4) is 0 Å². The number of nitrogen functional groups attached to an aromatic ring is 1. The molecular weight excluding hydrogens is 514 g/mol. The van der Waals surface area contributed by atoms with Crippen molar-refractivity contribution in [3.05, 3.63) is 52.3 Å². The van der Waals surface area contributed by atoms with Gasteiger partial charge < -0.3 is 26.4 Å². The van der Waals surface area contributed by atoms with Crippen LogP contribution in [-0.4, -0.2) is 68.9 Å². The van der Waals surface area contributed by atoms with Crippen molar-refractivity contribution in [1.82, 2.24) is 19.5 Å². The lowest BCUT2D eigenvalue weighted by atomic mass is 9.98. The summed E-state index contributed by atoms with van der Waals surface area (Å²) in [5.74, 6) is 0.756. The number of aliphatic hydroxyl groups excluding tert-OH is 1. The normalized spacial score (nSPS) is 19.1. The summed E-state index contributed by atoms with van der Waals surface area (Å²) in [4.78, 5) is 30.8. The Balaban J connectivity index is 0.000000711. The van der Waals surface area contributed by atoms with E-state index in [0.717, 1.165) is 55.0 Å². The van der Waals surface area contributed by atoms with E-state index in [9.17, 15) is 9.90 Å². The molecule has 0 saturated carbocycles. The zero-order valence-electron chi connectivity index (χ0n) is 21.0. The Bertz CT molecular complexity index is 1240. The molecule has 200 valence electrons. The molecule has 2 aliphatic heterocycles. The number of rotatable bonds is 3. The Morgan fingerprint density at radius 1 is 1.22 bits per heavy atom. The van der Waals surface area contributed by atoms with Crippen molar-refractivity contribution in [1.29, 1.82) is 0 Å². The first kappa shape index (κ1) is 28.5. The number of likely N-dealkylation sites (tertiary alicyclic amines) is 1. The third-order valence-electron chi connectivity index (χ3n) is 6.44. The van der Waals surface area contributed by atoms with Gasteiger partial charge in [-0.25, -0.2) is 9.50 Å². The number of amides is 2. The Morgan fingerprint density at radius 2 is 1.95 bits per heavy atom. The van der Waals surface area contributed by atoms with Crippen molar-refractivity contribution in [3.8, 4) is 0 Å². The Kier molecular flexibility index (Phi) is 10.0. The smallest absolute Gasteiger partial charge is 0.256 e. The van der Waals surface area contributed by atoms with Gasteiger partial charge in [0.1, 0.15) is 5.82 Å². The lowest BCUT2D eigenvalue weighted by Crippen LogP contribution is -2.39. The molecular formula is C25H34ClN7O3S. The largest absolute Gasteiger partial charge is 0.398 e. The molecule has 37 heavy (non-hydrogen) atoms. The van der Waals surface area contributed by atoms with Crippen LogP contribution in [0.2, 0.25) is 5.02 Å². The maximum absolute atomic E-state index is 13.4. The molecule has 10 nitrogen and oxygen atoms in total. The molecule has 5 rings (SSSR count). The van der Waals surface area contributed by atoms with Crippen molar-refractivity contribution in [2.75, 3.05) is 36.5 Å². The molecule has 2 amide bonds. The van der Waals surface area contributed by atoms with E-state index < -0.39 is 0 Å². The van der Waals surface area contributed by atoms with Gasteiger partial charge in [-0.1, -0.05) is 11.6 Å². The van der Waals surface area contributed by atoms with Crippen LogP contribution in [0.5, 0.6) is 0 Å². The molecule has 3 aromatic rings. The van der Waals surface area contributed by atoms with Crippen LogP contribution in [-0.2, 0) is 4.79 Å². The fourth-order valence-electron chi connectivity index (χ4n) is 4.79. The second-order valence-electron chi connectivity index (χ2n) is 8.89.